The van der Waals surface area contributed by atoms with Gasteiger partial charge in [0.15, 0.2) is 0 Å². The summed E-state index contributed by atoms with van der Waals surface area (Å²) in [7, 11) is 0. The topological polar surface area (TPSA) is 79.7 Å². The fourth-order valence-corrected chi connectivity index (χ4v) is 4.19. The van der Waals surface area contributed by atoms with Gasteiger partial charge < -0.3 is 14.7 Å². The number of ether oxygens (including phenoxy) is 1. The number of carbonyl (C=O) groups excluding carboxylic acids is 2. The summed E-state index contributed by atoms with van der Waals surface area (Å²) in [6, 6.07) is 16.9. The minimum absolute atomic E-state index is 0.0433. The molecule has 2 aromatic carbocycles. The number of hydrogen-bond donors (Lipinski definition) is 1. The molecule has 1 aliphatic rings. The van der Waals surface area contributed by atoms with Crippen LogP contribution in [-0.2, 0) is 16.1 Å². The average molecular weight is 505 g/mol. The number of benzene rings is 2. The van der Waals surface area contributed by atoms with Crippen LogP contribution >= 0.6 is 15.9 Å². The standard InChI is InChI=1S/C26H21BrN2O4/c1-2-13-33-21-10-8-18(9-11-21)24(30)22-23(19-6-3-7-20(27)14-19)29(26(32)25(22)31)16-17-5-4-12-28-15-17/h2-12,14-15,23,30H,1,13,16H2/b24-22+/t23-/m1/s1. The van der Waals surface area contributed by atoms with Gasteiger partial charge in [-0.1, -0.05) is 46.8 Å². The molecule has 0 unspecified atom stereocenters. The number of pyridine rings is 1. The highest BCUT2D eigenvalue weighted by Crippen LogP contribution is 2.41. The third kappa shape index (κ3) is 4.73. The number of Topliss-reactive ketones (excluding diaryl/α,β-unsaturated/α-hetero) is 1. The molecule has 166 valence electrons. The molecule has 0 saturated carbocycles. The molecule has 0 spiro atoms. The second-order valence-corrected chi connectivity index (χ2v) is 8.38. The maximum absolute atomic E-state index is 13.1. The zero-order chi connectivity index (χ0) is 23.4. The van der Waals surface area contributed by atoms with Crippen LogP contribution in [-0.4, -0.2) is 33.3 Å². The van der Waals surface area contributed by atoms with Crippen molar-refractivity contribution in [3.8, 4) is 5.75 Å². The molecule has 1 amide bonds. The second kappa shape index (κ2) is 9.83. The van der Waals surface area contributed by atoms with Crippen molar-refractivity contribution in [3.05, 3.63) is 112 Å². The zero-order valence-electron chi connectivity index (χ0n) is 17.6. The first-order valence-corrected chi connectivity index (χ1v) is 11.1. The summed E-state index contributed by atoms with van der Waals surface area (Å²) in [6.07, 6.45) is 4.93. The fraction of sp³-hybridized carbons (Fsp3) is 0.115. The van der Waals surface area contributed by atoms with Crippen molar-refractivity contribution < 1.29 is 19.4 Å². The van der Waals surface area contributed by atoms with Crippen molar-refractivity contribution in [1.82, 2.24) is 9.88 Å². The molecule has 33 heavy (non-hydrogen) atoms. The molecule has 1 aliphatic heterocycles. The molecule has 6 nitrogen and oxygen atoms in total. The van der Waals surface area contributed by atoms with E-state index < -0.39 is 17.7 Å². The molecule has 0 aliphatic carbocycles. The lowest BCUT2D eigenvalue weighted by Gasteiger charge is -2.25. The monoisotopic (exact) mass is 504 g/mol. The van der Waals surface area contributed by atoms with Gasteiger partial charge in [0.25, 0.3) is 11.7 Å². The van der Waals surface area contributed by atoms with Crippen LogP contribution in [0.15, 0.2) is 95.8 Å². The van der Waals surface area contributed by atoms with Gasteiger partial charge in [0.2, 0.25) is 0 Å². The molecule has 3 aromatic rings. The van der Waals surface area contributed by atoms with Gasteiger partial charge in [-0.15, -0.1) is 0 Å². The molecule has 0 radical (unpaired) electrons. The first-order valence-electron chi connectivity index (χ1n) is 10.3. The molecule has 1 N–H and O–H groups in total. The molecular formula is C26H21BrN2O4. The van der Waals surface area contributed by atoms with Gasteiger partial charge in [-0.05, 0) is 53.6 Å². The smallest absolute Gasteiger partial charge is 0.295 e. The first kappa shape index (κ1) is 22.5. The maximum Gasteiger partial charge on any atom is 0.295 e. The van der Waals surface area contributed by atoms with Crippen LogP contribution in [0.4, 0.5) is 0 Å². The van der Waals surface area contributed by atoms with E-state index in [4.69, 9.17) is 4.74 Å². The van der Waals surface area contributed by atoms with Crippen molar-refractivity contribution in [2.75, 3.05) is 6.61 Å². The minimum atomic E-state index is -0.751. The van der Waals surface area contributed by atoms with Gasteiger partial charge in [0.05, 0.1) is 11.6 Å². The van der Waals surface area contributed by atoms with Crippen LogP contribution in [0.25, 0.3) is 5.76 Å². The number of carbonyl (C=O) groups is 2. The van der Waals surface area contributed by atoms with Crippen molar-refractivity contribution in [3.63, 3.8) is 0 Å². The zero-order valence-corrected chi connectivity index (χ0v) is 19.2. The summed E-state index contributed by atoms with van der Waals surface area (Å²) in [6.45, 7) is 4.15. The molecule has 2 heterocycles. The first-order chi connectivity index (χ1) is 16.0. The van der Waals surface area contributed by atoms with E-state index in [0.29, 0.717) is 23.5 Å². The van der Waals surface area contributed by atoms with Crippen LogP contribution in [0, 0.1) is 0 Å². The summed E-state index contributed by atoms with van der Waals surface area (Å²) in [4.78, 5) is 31.8. The Morgan fingerprint density at radius 3 is 2.61 bits per heavy atom. The lowest BCUT2D eigenvalue weighted by molar-refractivity contribution is -0.140. The van der Waals surface area contributed by atoms with Crippen molar-refractivity contribution in [2.45, 2.75) is 12.6 Å². The van der Waals surface area contributed by atoms with Gasteiger partial charge in [-0.25, -0.2) is 0 Å². The van der Waals surface area contributed by atoms with Crippen LogP contribution in [0.2, 0.25) is 0 Å². The van der Waals surface area contributed by atoms with Crippen molar-refractivity contribution in [1.29, 1.82) is 0 Å². The van der Waals surface area contributed by atoms with Crippen LogP contribution < -0.4 is 4.74 Å². The Bertz CT molecular complexity index is 1220. The van der Waals surface area contributed by atoms with Gasteiger partial charge >= 0.3 is 0 Å². The summed E-state index contributed by atoms with van der Waals surface area (Å²) in [5.41, 5.74) is 1.95. The van der Waals surface area contributed by atoms with Crippen LogP contribution in [0.3, 0.4) is 0 Å². The normalized spacial score (nSPS) is 17.2. The van der Waals surface area contributed by atoms with Gasteiger partial charge in [-0.3, -0.25) is 14.6 Å². The number of rotatable bonds is 7. The summed E-state index contributed by atoms with van der Waals surface area (Å²) < 4.78 is 6.29. The molecule has 1 saturated heterocycles. The Morgan fingerprint density at radius 2 is 1.94 bits per heavy atom. The number of aromatic nitrogens is 1. The second-order valence-electron chi connectivity index (χ2n) is 7.47. The molecule has 1 aromatic heterocycles. The Balaban J connectivity index is 1.79. The number of aliphatic hydroxyl groups is 1. The third-order valence-electron chi connectivity index (χ3n) is 5.28. The Hall–Kier alpha value is -3.71. The maximum atomic E-state index is 13.1. The van der Waals surface area contributed by atoms with E-state index in [1.165, 1.54) is 4.90 Å². The lowest BCUT2D eigenvalue weighted by Crippen LogP contribution is -2.29. The molecule has 0 bridgehead atoms. The average Bonchev–Trinajstić information content (AvgIpc) is 3.08. The molecule has 1 atom stereocenters. The van der Waals surface area contributed by atoms with Gasteiger partial charge in [-0.2, -0.15) is 0 Å². The summed E-state index contributed by atoms with van der Waals surface area (Å²) >= 11 is 3.46. The van der Waals surface area contributed by atoms with E-state index in [1.807, 2.05) is 30.3 Å². The number of hydrogen-bond acceptors (Lipinski definition) is 5. The number of aliphatic hydroxyl groups excluding tert-OH is 1. The summed E-state index contributed by atoms with van der Waals surface area (Å²) in [5, 5.41) is 11.2. The molecule has 1 fully saturated rings. The van der Waals surface area contributed by atoms with Crippen molar-refractivity contribution >= 4 is 33.4 Å². The lowest BCUT2D eigenvalue weighted by atomic mass is 9.95. The highest BCUT2D eigenvalue weighted by Gasteiger charge is 2.46. The largest absolute Gasteiger partial charge is 0.507 e. The Morgan fingerprint density at radius 1 is 1.15 bits per heavy atom. The fourth-order valence-electron chi connectivity index (χ4n) is 3.77. The third-order valence-corrected chi connectivity index (χ3v) is 5.77. The molecule has 4 rings (SSSR count). The number of halogens is 1. The SMILES string of the molecule is C=CCOc1ccc(/C(O)=C2\C(=O)C(=O)N(Cc3cccnc3)[C@@H]2c2cccc(Br)c2)cc1. The molecule has 7 heteroatoms. The number of nitrogens with zero attached hydrogens (tertiary/aromatic N) is 2. The summed E-state index contributed by atoms with van der Waals surface area (Å²) in [5.74, 6) is -1.03. The Labute approximate surface area is 200 Å². The van der Waals surface area contributed by atoms with E-state index in [2.05, 4.69) is 27.5 Å². The Kier molecular flexibility index (Phi) is 6.70. The minimum Gasteiger partial charge on any atom is -0.507 e. The van der Waals surface area contributed by atoms with E-state index in [9.17, 15) is 14.7 Å². The predicted molar refractivity (Wildman–Crippen MR) is 128 cm³/mol. The molecular weight excluding hydrogens is 484 g/mol. The van der Waals surface area contributed by atoms with Gasteiger partial charge in [0, 0.05) is 29.0 Å². The quantitative estimate of drug-likeness (QED) is 0.211. The number of likely N-dealkylation sites (tertiary alicyclic amines) is 1. The van der Waals surface area contributed by atoms with E-state index in [-0.39, 0.29) is 17.9 Å². The van der Waals surface area contributed by atoms with Crippen molar-refractivity contribution in [2.24, 2.45) is 0 Å². The van der Waals surface area contributed by atoms with E-state index in [0.717, 1.165) is 10.0 Å². The number of ketones is 1. The predicted octanol–water partition coefficient (Wildman–Crippen LogP) is 5.03. The highest BCUT2D eigenvalue weighted by atomic mass is 79.9. The van der Waals surface area contributed by atoms with E-state index >= 15 is 0 Å². The van der Waals surface area contributed by atoms with Gasteiger partial charge in [0.1, 0.15) is 18.1 Å². The highest BCUT2D eigenvalue weighted by molar-refractivity contribution is 9.10. The number of amides is 1. The van der Waals surface area contributed by atoms with Crippen LogP contribution in [0.5, 0.6) is 5.75 Å². The van der Waals surface area contributed by atoms with E-state index in [1.54, 1.807) is 48.8 Å². The van der Waals surface area contributed by atoms with Crippen LogP contribution in [0.1, 0.15) is 22.7 Å².